The van der Waals surface area contributed by atoms with Gasteiger partial charge in [0.05, 0.1) is 6.04 Å². The van der Waals surface area contributed by atoms with Crippen LogP contribution in [0.4, 0.5) is 4.79 Å². The van der Waals surface area contributed by atoms with Gasteiger partial charge in [-0.1, -0.05) is 6.58 Å². The summed E-state index contributed by atoms with van der Waals surface area (Å²) in [5.74, 6) is 0. The van der Waals surface area contributed by atoms with E-state index < -0.39 is 5.60 Å². The Labute approximate surface area is 103 Å². The Morgan fingerprint density at radius 2 is 2.18 bits per heavy atom. The van der Waals surface area contributed by atoms with Gasteiger partial charge in [0.1, 0.15) is 5.60 Å². The summed E-state index contributed by atoms with van der Waals surface area (Å²) in [6.45, 7) is 12.6. The van der Waals surface area contributed by atoms with Crippen molar-refractivity contribution in [2.75, 3.05) is 19.6 Å². The zero-order valence-corrected chi connectivity index (χ0v) is 11.0. The average Bonchev–Trinajstić information content (AvgIpc) is 2.13. The highest BCUT2D eigenvalue weighted by atomic mass is 16.6. The number of piperidine rings is 1. The second kappa shape index (κ2) is 4.33. The van der Waals surface area contributed by atoms with Crippen LogP contribution in [0, 0.1) is 0 Å². The molecule has 0 radical (unpaired) electrons. The van der Waals surface area contributed by atoms with Crippen LogP contribution >= 0.6 is 0 Å². The Morgan fingerprint density at radius 3 is 2.82 bits per heavy atom. The largest absolute Gasteiger partial charge is 0.443 e. The Hall–Kier alpha value is -1.03. The summed E-state index contributed by atoms with van der Waals surface area (Å²) in [5, 5.41) is 0. The fourth-order valence-electron chi connectivity index (χ4n) is 2.57. The molecule has 2 fully saturated rings. The topological polar surface area (TPSA) is 32.8 Å². The molecule has 0 saturated carbocycles. The first-order valence-corrected chi connectivity index (χ1v) is 6.29. The van der Waals surface area contributed by atoms with Crippen LogP contribution in [0.5, 0.6) is 0 Å². The molecule has 2 heterocycles. The number of hydrogen-bond donors (Lipinski definition) is 0. The molecular weight excluding hydrogens is 216 g/mol. The maximum absolute atomic E-state index is 12.1. The standard InChI is InChI=1S/C13H22N2O2/c1-10-8-14-7-5-6-11(9-14)15(10)12(16)17-13(2,3)4/h11H,1,5-9H2,2-4H3. The van der Waals surface area contributed by atoms with Crippen molar-refractivity contribution >= 4 is 6.09 Å². The van der Waals surface area contributed by atoms with E-state index in [9.17, 15) is 4.79 Å². The predicted octanol–water partition coefficient (Wildman–Crippen LogP) is 2.22. The van der Waals surface area contributed by atoms with E-state index in [1.165, 1.54) is 0 Å². The molecule has 0 aliphatic carbocycles. The molecule has 2 atom stereocenters. The fraction of sp³-hybridized carbons (Fsp3) is 0.769. The van der Waals surface area contributed by atoms with E-state index in [0.29, 0.717) is 0 Å². The minimum atomic E-state index is -0.441. The summed E-state index contributed by atoms with van der Waals surface area (Å²) in [5.41, 5.74) is 0.429. The highest BCUT2D eigenvalue weighted by Crippen LogP contribution is 2.27. The predicted molar refractivity (Wildman–Crippen MR) is 66.7 cm³/mol. The van der Waals surface area contributed by atoms with E-state index in [0.717, 1.165) is 38.2 Å². The number of ether oxygens (including phenoxy) is 1. The van der Waals surface area contributed by atoms with Gasteiger partial charge in [-0.15, -0.1) is 0 Å². The van der Waals surface area contributed by atoms with Crippen molar-refractivity contribution in [3.05, 3.63) is 12.3 Å². The molecule has 0 aromatic carbocycles. The molecule has 2 saturated heterocycles. The number of amides is 1. The highest BCUT2D eigenvalue weighted by Gasteiger charge is 2.37. The zero-order valence-electron chi connectivity index (χ0n) is 11.0. The molecular formula is C13H22N2O2. The SMILES string of the molecule is C=C1CN2CCCC(C2)N1C(=O)OC(C)(C)C. The molecule has 0 aromatic heterocycles. The summed E-state index contributed by atoms with van der Waals surface area (Å²) in [6, 6.07) is 0.250. The molecule has 0 spiro atoms. The second-order valence-electron chi connectivity index (χ2n) is 5.95. The number of carbonyl (C=O) groups is 1. The number of fused-ring (bicyclic) bond motifs is 2. The molecule has 2 aliphatic rings. The van der Waals surface area contributed by atoms with Crippen molar-refractivity contribution in [2.45, 2.75) is 45.3 Å². The molecule has 2 rings (SSSR count). The number of hydrogen-bond acceptors (Lipinski definition) is 3. The Kier molecular flexibility index (Phi) is 3.17. The van der Waals surface area contributed by atoms with Gasteiger partial charge in [0.25, 0.3) is 0 Å². The monoisotopic (exact) mass is 238 g/mol. The fourth-order valence-corrected chi connectivity index (χ4v) is 2.57. The van der Waals surface area contributed by atoms with Gasteiger partial charge >= 0.3 is 6.09 Å². The molecule has 0 N–H and O–H groups in total. The van der Waals surface area contributed by atoms with Gasteiger partial charge in [-0.3, -0.25) is 9.80 Å². The number of nitrogens with zero attached hydrogens (tertiary/aromatic N) is 2. The van der Waals surface area contributed by atoms with Crippen LogP contribution < -0.4 is 0 Å². The van der Waals surface area contributed by atoms with Gasteiger partial charge in [-0.05, 0) is 40.2 Å². The molecule has 2 unspecified atom stereocenters. The van der Waals surface area contributed by atoms with E-state index >= 15 is 0 Å². The molecule has 1 amide bonds. The third-order valence-corrected chi connectivity index (χ3v) is 3.18. The van der Waals surface area contributed by atoms with Crippen molar-refractivity contribution in [1.29, 1.82) is 0 Å². The molecule has 2 bridgehead atoms. The van der Waals surface area contributed by atoms with Crippen LogP contribution in [0.3, 0.4) is 0 Å². The average molecular weight is 238 g/mol. The summed E-state index contributed by atoms with van der Waals surface area (Å²) in [6.07, 6.45) is 1.96. The van der Waals surface area contributed by atoms with Gasteiger partial charge < -0.3 is 4.74 Å². The van der Waals surface area contributed by atoms with Crippen LogP contribution in [-0.2, 0) is 4.74 Å². The lowest BCUT2D eigenvalue weighted by molar-refractivity contribution is 0.00375. The van der Waals surface area contributed by atoms with Crippen molar-refractivity contribution in [1.82, 2.24) is 9.80 Å². The van der Waals surface area contributed by atoms with Crippen LogP contribution in [0.1, 0.15) is 33.6 Å². The Morgan fingerprint density at radius 1 is 1.47 bits per heavy atom. The van der Waals surface area contributed by atoms with Gasteiger partial charge in [-0.25, -0.2) is 4.79 Å². The first-order chi connectivity index (χ1) is 7.87. The van der Waals surface area contributed by atoms with Crippen LogP contribution in [0.2, 0.25) is 0 Å². The maximum Gasteiger partial charge on any atom is 0.414 e. The molecule has 4 nitrogen and oxygen atoms in total. The normalized spacial score (nSPS) is 29.1. The van der Waals surface area contributed by atoms with Crippen LogP contribution in [0.15, 0.2) is 12.3 Å². The van der Waals surface area contributed by atoms with Crippen molar-refractivity contribution in [3.63, 3.8) is 0 Å². The first kappa shape index (κ1) is 12.4. The number of piperazine rings is 1. The van der Waals surface area contributed by atoms with E-state index in [1.54, 1.807) is 4.90 Å². The lowest BCUT2D eigenvalue weighted by Crippen LogP contribution is -2.57. The first-order valence-electron chi connectivity index (χ1n) is 6.29. The molecule has 0 aromatic rings. The molecule has 2 aliphatic heterocycles. The summed E-state index contributed by atoms with van der Waals surface area (Å²) in [4.78, 5) is 16.3. The van der Waals surface area contributed by atoms with Crippen molar-refractivity contribution in [2.24, 2.45) is 0 Å². The van der Waals surface area contributed by atoms with Crippen molar-refractivity contribution < 1.29 is 9.53 Å². The van der Waals surface area contributed by atoms with Crippen LogP contribution in [0.25, 0.3) is 0 Å². The highest BCUT2D eigenvalue weighted by molar-refractivity contribution is 5.71. The summed E-state index contributed by atoms with van der Waals surface area (Å²) in [7, 11) is 0. The van der Waals surface area contributed by atoms with Crippen molar-refractivity contribution in [3.8, 4) is 0 Å². The van der Waals surface area contributed by atoms with Gasteiger partial charge in [0.2, 0.25) is 0 Å². The number of rotatable bonds is 0. The van der Waals surface area contributed by atoms with E-state index in [2.05, 4.69) is 11.5 Å². The van der Waals surface area contributed by atoms with E-state index in [1.807, 2.05) is 20.8 Å². The smallest absolute Gasteiger partial charge is 0.414 e. The maximum atomic E-state index is 12.1. The minimum absolute atomic E-state index is 0.242. The lowest BCUT2D eigenvalue weighted by atomic mass is 10.0. The summed E-state index contributed by atoms with van der Waals surface area (Å²) < 4.78 is 5.45. The quantitative estimate of drug-likeness (QED) is 0.648. The molecule has 17 heavy (non-hydrogen) atoms. The zero-order chi connectivity index (χ0) is 12.6. The third-order valence-electron chi connectivity index (χ3n) is 3.18. The number of carbonyl (C=O) groups excluding carboxylic acids is 1. The van der Waals surface area contributed by atoms with Gasteiger partial charge in [-0.2, -0.15) is 0 Å². The van der Waals surface area contributed by atoms with Crippen LogP contribution in [-0.4, -0.2) is 47.2 Å². The second-order valence-corrected chi connectivity index (χ2v) is 5.95. The van der Waals surface area contributed by atoms with Gasteiger partial charge in [0.15, 0.2) is 0 Å². The molecule has 96 valence electrons. The van der Waals surface area contributed by atoms with Gasteiger partial charge in [0, 0.05) is 18.8 Å². The Balaban J connectivity index is 2.08. The lowest BCUT2D eigenvalue weighted by Gasteiger charge is -2.46. The van der Waals surface area contributed by atoms with E-state index in [4.69, 9.17) is 4.74 Å². The third kappa shape index (κ3) is 2.80. The molecule has 4 heteroatoms. The van der Waals surface area contributed by atoms with E-state index in [-0.39, 0.29) is 12.1 Å². The minimum Gasteiger partial charge on any atom is -0.443 e. The summed E-state index contributed by atoms with van der Waals surface area (Å²) >= 11 is 0. The Bertz CT molecular complexity index is 333.